The number of nitriles is 1. The highest BCUT2D eigenvalue weighted by atomic mass is 16.5. The molecule has 1 heterocycles. The molecule has 0 aliphatic heterocycles. The molecule has 2 aromatic rings. The molecule has 0 saturated heterocycles. The first-order valence-corrected chi connectivity index (χ1v) is 6.58. The van der Waals surface area contributed by atoms with Crippen molar-refractivity contribution in [2.75, 3.05) is 6.61 Å². The Morgan fingerprint density at radius 3 is 2.70 bits per heavy atom. The second-order valence-electron chi connectivity index (χ2n) is 4.31. The fourth-order valence-electron chi connectivity index (χ4n) is 1.88. The molecule has 0 fully saturated rings. The van der Waals surface area contributed by atoms with Gasteiger partial charge in [-0.05, 0) is 36.2 Å². The Labute approximate surface area is 119 Å². The zero-order chi connectivity index (χ0) is 14.2. The van der Waals surface area contributed by atoms with E-state index < -0.39 is 0 Å². The van der Waals surface area contributed by atoms with E-state index in [0.717, 1.165) is 16.9 Å². The molecule has 0 saturated carbocycles. The van der Waals surface area contributed by atoms with Gasteiger partial charge >= 0.3 is 0 Å². The van der Waals surface area contributed by atoms with E-state index in [4.69, 9.17) is 4.74 Å². The fourth-order valence-corrected chi connectivity index (χ4v) is 1.88. The van der Waals surface area contributed by atoms with Gasteiger partial charge in [-0.2, -0.15) is 5.26 Å². The van der Waals surface area contributed by atoms with E-state index >= 15 is 0 Å². The van der Waals surface area contributed by atoms with Gasteiger partial charge in [0.25, 0.3) is 0 Å². The minimum absolute atomic E-state index is 0.342. The van der Waals surface area contributed by atoms with Crippen LogP contribution in [0, 0.1) is 11.3 Å². The molecule has 102 valence electrons. The molecular weight excluding hydrogens is 250 g/mol. The van der Waals surface area contributed by atoms with Gasteiger partial charge < -0.3 is 4.74 Å². The number of hydrogen-bond acceptors (Lipinski definition) is 4. The van der Waals surface area contributed by atoms with Gasteiger partial charge in [-0.25, -0.2) is 0 Å². The molecule has 4 nitrogen and oxygen atoms in total. The van der Waals surface area contributed by atoms with E-state index in [2.05, 4.69) is 16.4 Å². The maximum atomic E-state index is 9.27. The second-order valence-corrected chi connectivity index (χ2v) is 4.31. The molecule has 1 aromatic carbocycles. The summed E-state index contributed by atoms with van der Waals surface area (Å²) in [5.41, 5.74) is 1.98. The summed E-state index contributed by atoms with van der Waals surface area (Å²) >= 11 is 0. The van der Waals surface area contributed by atoms with Crippen LogP contribution < -0.4 is 10.1 Å². The summed E-state index contributed by atoms with van der Waals surface area (Å²) in [7, 11) is 0. The molecule has 1 atom stereocenters. The Kier molecular flexibility index (Phi) is 5.10. The molecule has 4 heteroatoms. The van der Waals surface area contributed by atoms with Crippen LogP contribution in [0.4, 0.5) is 0 Å². The van der Waals surface area contributed by atoms with E-state index in [-0.39, 0.29) is 6.04 Å². The lowest BCUT2D eigenvalue weighted by Gasteiger charge is -2.12. The van der Waals surface area contributed by atoms with Gasteiger partial charge in [0.2, 0.25) is 0 Å². The van der Waals surface area contributed by atoms with Crippen molar-refractivity contribution in [1.82, 2.24) is 10.3 Å². The predicted molar refractivity (Wildman–Crippen MR) is 77.0 cm³/mol. The average molecular weight is 267 g/mol. The number of rotatable bonds is 6. The molecule has 0 spiro atoms. The SMILES string of the molecule is CCOc1ccc(C(C#N)NCc2cccnc2)cc1. The van der Waals surface area contributed by atoms with E-state index in [9.17, 15) is 5.26 Å². The van der Waals surface area contributed by atoms with Crippen molar-refractivity contribution < 1.29 is 4.74 Å². The Morgan fingerprint density at radius 2 is 2.10 bits per heavy atom. The van der Waals surface area contributed by atoms with Crippen LogP contribution >= 0.6 is 0 Å². The highest BCUT2D eigenvalue weighted by Crippen LogP contribution is 2.18. The number of nitrogens with one attached hydrogen (secondary N) is 1. The minimum atomic E-state index is -0.342. The van der Waals surface area contributed by atoms with Crippen molar-refractivity contribution in [3.63, 3.8) is 0 Å². The fraction of sp³-hybridized carbons (Fsp3) is 0.250. The van der Waals surface area contributed by atoms with Crippen LogP contribution in [0.1, 0.15) is 24.1 Å². The number of benzene rings is 1. The lowest BCUT2D eigenvalue weighted by atomic mass is 10.1. The highest BCUT2D eigenvalue weighted by molar-refractivity contribution is 5.31. The Balaban J connectivity index is 1.99. The van der Waals surface area contributed by atoms with E-state index in [1.54, 1.807) is 12.4 Å². The molecule has 1 N–H and O–H groups in total. The molecule has 1 unspecified atom stereocenters. The monoisotopic (exact) mass is 267 g/mol. The quantitative estimate of drug-likeness (QED) is 0.874. The first-order valence-electron chi connectivity index (χ1n) is 6.58. The molecule has 1 aromatic heterocycles. The summed E-state index contributed by atoms with van der Waals surface area (Å²) in [6, 6.07) is 13.4. The van der Waals surface area contributed by atoms with Gasteiger partial charge in [0, 0.05) is 18.9 Å². The van der Waals surface area contributed by atoms with Crippen LogP contribution in [0.3, 0.4) is 0 Å². The van der Waals surface area contributed by atoms with Gasteiger partial charge in [0.1, 0.15) is 11.8 Å². The molecule has 20 heavy (non-hydrogen) atoms. The lowest BCUT2D eigenvalue weighted by Crippen LogP contribution is -2.19. The van der Waals surface area contributed by atoms with Crippen molar-refractivity contribution in [3.05, 3.63) is 59.9 Å². The van der Waals surface area contributed by atoms with Gasteiger partial charge in [-0.15, -0.1) is 0 Å². The minimum Gasteiger partial charge on any atom is -0.494 e. The number of nitrogens with zero attached hydrogens (tertiary/aromatic N) is 2. The van der Waals surface area contributed by atoms with Crippen molar-refractivity contribution in [2.45, 2.75) is 19.5 Å². The van der Waals surface area contributed by atoms with E-state index in [1.165, 1.54) is 0 Å². The predicted octanol–water partition coefficient (Wildman–Crippen LogP) is 2.83. The van der Waals surface area contributed by atoms with Gasteiger partial charge in [0.15, 0.2) is 0 Å². The van der Waals surface area contributed by atoms with Gasteiger partial charge in [-0.3, -0.25) is 10.3 Å². The topological polar surface area (TPSA) is 57.9 Å². The first-order chi connectivity index (χ1) is 9.83. The van der Waals surface area contributed by atoms with Crippen LogP contribution in [-0.4, -0.2) is 11.6 Å². The third kappa shape index (κ3) is 3.81. The van der Waals surface area contributed by atoms with Crippen LogP contribution in [0.2, 0.25) is 0 Å². The van der Waals surface area contributed by atoms with Crippen molar-refractivity contribution >= 4 is 0 Å². The van der Waals surface area contributed by atoms with Crippen LogP contribution in [-0.2, 0) is 6.54 Å². The molecular formula is C16H17N3O. The second kappa shape index (κ2) is 7.27. The lowest BCUT2D eigenvalue weighted by molar-refractivity contribution is 0.340. The van der Waals surface area contributed by atoms with E-state index in [0.29, 0.717) is 13.2 Å². The molecule has 2 rings (SSSR count). The molecule has 0 bridgehead atoms. The van der Waals surface area contributed by atoms with Crippen LogP contribution in [0.15, 0.2) is 48.8 Å². The highest BCUT2D eigenvalue weighted by Gasteiger charge is 2.09. The van der Waals surface area contributed by atoms with Crippen molar-refractivity contribution in [3.8, 4) is 11.8 Å². The Morgan fingerprint density at radius 1 is 1.30 bits per heavy atom. The summed E-state index contributed by atoms with van der Waals surface area (Å²) in [6.07, 6.45) is 3.53. The molecule has 0 amide bonds. The molecule has 0 radical (unpaired) electrons. The maximum Gasteiger partial charge on any atom is 0.121 e. The summed E-state index contributed by atoms with van der Waals surface area (Å²) < 4.78 is 5.39. The van der Waals surface area contributed by atoms with Gasteiger partial charge in [0.05, 0.1) is 12.7 Å². The largest absolute Gasteiger partial charge is 0.494 e. The summed E-state index contributed by atoms with van der Waals surface area (Å²) in [4.78, 5) is 4.05. The number of ether oxygens (including phenoxy) is 1. The number of aromatic nitrogens is 1. The third-order valence-electron chi connectivity index (χ3n) is 2.89. The number of hydrogen-bond donors (Lipinski definition) is 1. The van der Waals surface area contributed by atoms with Gasteiger partial charge in [-0.1, -0.05) is 18.2 Å². The molecule has 0 aliphatic carbocycles. The normalized spacial score (nSPS) is 11.6. The smallest absolute Gasteiger partial charge is 0.121 e. The Hall–Kier alpha value is -2.38. The zero-order valence-electron chi connectivity index (χ0n) is 11.4. The summed E-state index contributed by atoms with van der Waals surface area (Å²) in [6.45, 7) is 3.20. The third-order valence-corrected chi connectivity index (χ3v) is 2.89. The zero-order valence-corrected chi connectivity index (χ0v) is 11.4. The van der Waals surface area contributed by atoms with Crippen molar-refractivity contribution in [1.29, 1.82) is 5.26 Å². The van der Waals surface area contributed by atoms with Crippen LogP contribution in [0.5, 0.6) is 5.75 Å². The van der Waals surface area contributed by atoms with Crippen molar-refractivity contribution in [2.24, 2.45) is 0 Å². The summed E-state index contributed by atoms with van der Waals surface area (Å²) in [5, 5.41) is 12.5. The first kappa shape index (κ1) is 14.0. The summed E-state index contributed by atoms with van der Waals surface area (Å²) in [5.74, 6) is 0.820. The maximum absolute atomic E-state index is 9.27. The Bertz CT molecular complexity index is 561. The van der Waals surface area contributed by atoms with E-state index in [1.807, 2.05) is 43.3 Å². The average Bonchev–Trinajstić information content (AvgIpc) is 2.51. The standard InChI is InChI=1S/C16H17N3O/c1-2-20-15-7-5-14(6-8-15)16(10-17)19-12-13-4-3-9-18-11-13/h3-9,11,16,19H,2,12H2,1H3. The molecule has 0 aliphatic rings. The number of pyridine rings is 1. The van der Waals surface area contributed by atoms with Crippen LogP contribution in [0.25, 0.3) is 0 Å².